The molecule has 0 aliphatic heterocycles. The molecule has 0 atom stereocenters. The van der Waals surface area contributed by atoms with E-state index in [2.05, 4.69) is 22.0 Å². The molecule has 20 heavy (non-hydrogen) atoms. The molecular weight excluding hydrogens is 316 g/mol. The first-order valence-electron chi connectivity index (χ1n) is 6.07. The van der Waals surface area contributed by atoms with Gasteiger partial charge in [-0.2, -0.15) is 5.26 Å². The largest absolute Gasteiger partial charge is 0.344 e. The van der Waals surface area contributed by atoms with Crippen molar-refractivity contribution in [1.82, 2.24) is 0 Å². The molecule has 0 saturated carbocycles. The summed E-state index contributed by atoms with van der Waals surface area (Å²) >= 11 is 3.43. The standard InChI is InChI=1S/C16H13BrN2O/c1-11(20)15-8-5-13(17)9-16(15)19(2)14-6-3-12(10-18)4-7-14/h3-9H,1-2H3. The van der Waals surface area contributed by atoms with Crippen LogP contribution in [0.4, 0.5) is 11.4 Å². The maximum absolute atomic E-state index is 11.7. The minimum Gasteiger partial charge on any atom is -0.344 e. The number of benzene rings is 2. The molecule has 4 heteroatoms. The average molecular weight is 329 g/mol. The first-order chi connectivity index (χ1) is 9.52. The molecule has 3 nitrogen and oxygen atoms in total. The summed E-state index contributed by atoms with van der Waals surface area (Å²) in [4.78, 5) is 13.7. The van der Waals surface area contributed by atoms with Crippen LogP contribution in [0.1, 0.15) is 22.8 Å². The fourth-order valence-corrected chi connectivity index (χ4v) is 2.33. The highest BCUT2D eigenvalue weighted by Crippen LogP contribution is 2.30. The molecule has 0 aromatic heterocycles. The summed E-state index contributed by atoms with van der Waals surface area (Å²) in [6.45, 7) is 1.55. The molecule has 0 saturated heterocycles. The van der Waals surface area contributed by atoms with E-state index in [-0.39, 0.29) is 5.78 Å². The zero-order valence-electron chi connectivity index (χ0n) is 11.2. The molecule has 0 heterocycles. The Hall–Kier alpha value is -2.12. The molecule has 0 radical (unpaired) electrons. The number of hydrogen-bond acceptors (Lipinski definition) is 3. The number of anilines is 2. The van der Waals surface area contributed by atoms with Crippen LogP contribution in [0.3, 0.4) is 0 Å². The number of Topliss-reactive ketones (excluding diaryl/α,β-unsaturated/α-hetero) is 1. The van der Waals surface area contributed by atoms with E-state index in [4.69, 9.17) is 5.26 Å². The van der Waals surface area contributed by atoms with Gasteiger partial charge in [-0.1, -0.05) is 15.9 Å². The number of rotatable bonds is 3. The van der Waals surface area contributed by atoms with Crippen molar-refractivity contribution in [2.45, 2.75) is 6.92 Å². The molecule has 0 spiro atoms. The Labute approximate surface area is 126 Å². The highest BCUT2D eigenvalue weighted by Gasteiger charge is 2.13. The third-order valence-electron chi connectivity index (χ3n) is 3.08. The van der Waals surface area contributed by atoms with Gasteiger partial charge in [-0.05, 0) is 49.4 Å². The number of carbonyl (C=O) groups is 1. The molecule has 0 aliphatic carbocycles. The van der Waals surface area contributed by atoms with E-state index >= 15 is 0 Å². The van der Waals surface area contributed by atoms with Crippen LogP contribution in [-0.4, -0.2) is 12.8 Å². The number of hydrogen-bond donors (Lipinski definition) is 0. The predicted octanol–water partition coefficient (Wildman–Crippen LogP) is 4.29. The smallest absolute Gasteiger partial charge is 0.161 e. The molecular formula is C16H13BrN2O. The Morgan fingerprint density at radius 1 is 1.20 bits per heavy atom. The van der Waals surface area contributed by atoms with Crippen LogP contribution in [0, 0.1) is 11.3 Å². The van der Waals surface area contributed by atoms with Crippen molar-refractivity contribution in [2.24, 2.45) is 0 Å². The average Bonchev–Trinajstić information content (AvgIpc) is 2.46. The van der Waals surface area contributed by atoms with Gasteiger partial charge in [0.15, 0.2) is 5.78 Å². The molecule has 0 unspecified atom stereocenters. The van der Waals surface area contributed by atoms with E-state index in [1.54, 1.807) is 19.1 Å². The van der Waals surface area contributed by atoms with Gasteiger partial charge in [-0.25, -0.2) is 0 Å². The van der Waals surface area contributed by atoms with Crippen molar-refractivity contribution in [3.8, 4) is 6.07 Å². The molecule has 2 aromatic rings. The van der Waals surface area contributed by atoms with Crippen LogP contribution in [0.25, 0.3) is 0 Å². The Kier molecular flexibility index (Phi) is 4.21. The highest BCUT2D eigenvalue weighted by molar-refractivity contribution is 9.10. The summed E-state index contributed by atoms with van der Waals surface area (Å²) in [5.41, 5.74) is 3.03. The molecule has 0 bridgehead atoms. The van der Waals surface area contributed by atoms with Crippen LogP contribution in [0.15, 0.2) is 46.9 Å². The van der Waals surface area contributed by atoms with Crippen molar-refractivity contribution >= 4 is 33.1 Å². The molecule has 2 rings (SSSR count). The first-order valence-corrected chi connectivity index (χ1v) is 6.86. The molecule has 0 N–H and O–H groups in total. The van der Waals surface area contributed by atoms with E-state index in [0.29, 0.717) is 11.1 Å². The van der Waals surface area contributed by atoms with Gasteiger partial charge >= 0.3 is 0 Å². The summed E-state index contributed by atoms with van der Waals surface area (Å²) < 4.78 is 0.915. The van der Waals surface area contributed by atoms with Gasteiger partial charge in [-0.3, -0.25) is 4.79 Å². The second-order valence-electron chi connectivity index (χ2n) is 4.44. The first kappa shape index (κ1) is 14.3. The Morgan fingerprint density at radius 2 is 1.85 bits per heavy atom. The SMILES string of the molecule is CC(=O)c1ccc(Br)cc1N(C)c1ccc(C#N)cc1. The van der Waals surface area contributed by atoms with Gasteiger partial charge in [-0.15, -0.1) is 0 Å². The number of nitriles is 1. The van der Waals surface area contributed by atoms with Gasteiger partial charge in [0, 0.05) is 22.8 Å². The maximum atomic E-state index is 11.7. The van der Waals surface area contributed by atoms with E-state index < -0.39 is 0 Å². The third-order valence-corrected chi connectivity index (χ3v) is 3.58. The molecule has 2 aromatic carbocycles. The lowest BCUT2D eigenvalue weighted by Gasteiger charge is -2.22. The van der Waals surface area contributed by atoms with E-state index in [9.17, 15) is 4.79 Å². The molecule has 0 amide bonds. The fraction of sp³-hybridized carbons (Fsp3) is 0.125. The second kappa shape index (κ2) is 5.89. The van der Waals surface area contributed by atoms with Crippen molar-refractivity contribution in [1.29, 1.82) is 5.26 Å². The minimum atomic E-state index is 0.0213. The minimum absolute atomic E-state index is 0.0213. The van der Waals surface area contributed by atoms with Crippen molar-refractivity contribution in [3.05, 3.63) is 58.1 Å². The van der Waals surface area contributed by atoms with Gasteiger partial charge in [0.25, 0.3) is 0 Å². The van der Waals surface area contributed by atoms with E-state index in [1.165, 1.54) is 0 Å². The molecule has 100 valence electrons. The van der Waals surface area contributed by atoms with Crippen LogP contribution < -0.4 is 4.90 Å². The van der Waals surface area contributed by atoms with E-state index in [0.717, 1.165) is 15.8 Å². The Balaban J connectivity index is 2.46. The van der Waals surface area contributed by atoms with Crippen molar-refractivity contribution in [2.75, 3.05) is 11.9 Å². The molecule has 0 aliphatic rings. The highest BCUT2D eigenvalue weighted by atomic mass is 79.9. The van der Waals surface area contributed by atoms with Crippen molar-refractivity contribution < 1.29 is 4.79 Å². The van der Waals surface area contributed by atoms with Crippen LogP contribution in [0.2, 0.25) is 0 Å². The Bertz CT molecular complexity index is 687. The second-order valence-corrected chi connectivity index (χ2v) is 5.35. The zero-order valence-corrected chi connectivity index (χ0v) is 12.8. The lowest BCUT2D eigenvalue weighted by molar-refractivity contribution is 0.101. The lowest BCUT2D eigenvalue weighted by atomic mass is 10.1. The zero-order chi connectivity index (χ0) is 14.7. The Morgan fingerprint density at radius 3 is 2.40 bits per heavy atom. The number of carbonyl (C=O) groups excluding carboxylic acids is 1. The summed E-state index contributed by atoms with van der Waals surface area (Å²) in [7, 11) is 1.90. The van der Waals surface area contributed by atoms with Gasteiger partial charge in [0.1, 0.15) is 0 Å². The summed E-state index contributed by atoms with van der Waals surface area (Å²) in [6.07, 6.45) is 0. The number of halogens is 1. The summed E-state index contributed by atoms with van der Waals surface area (Å²) in [5, 5.41) is 8.82. The summed E-state index contributed by atoms with van der Waals surface area (Å²) in [6, 6.07) is 14.9. The fourth-order valence-electron chi connectivity index (χ4n) is 1.98. The third kappa shape index (κ3) is 2.89. The normalized spacial score (nSPS) is 9.90. The van der Waals surface area contributed by atoms with E-state index in [1.807, 2.05) is 42.3 Å². The number of nitrogens with zero attached hydrogens (tertiary/aromatic N) is 2. The quantitative estimate of drug-likeness (QED) is 0.789. The van der Waals surface area contributed by atoms with Gasteiger partial charge < -0.3 is 4.90 Å². The monoisotopic (exact) mass is 328 g/mol. The van der Waals surface area contributed by atoms with Crippen LogP contribution in [-0.2, 0) is 0 Å². The van der Waals surface area contributed by atoms with Crippen molar-refractivity contribution in [3.63, 3.8) is 0 Å². The topological polar surface area (TPSA) is 44.1 Å². The van der Waals surface area contributed by atoms with Crippen LogP contribution >= 0.6 is 15.9 Å². The number of ketones is 1. The lowest BCUT2D eigenvalue weighted by Crippen LogP contribution is -2.13. The van der Waals surface area contributed by atoms with Gasteiger partial charge in [0.05, 0.1) is 17.3 Å². The predicted molar refractivity (Wildman–Crippen MR) is 83.4 cm³/mol. The molecule has 0 fully saturated rings. The maximum Gasteiger partial charge on any atom is 0.161 e. The van der Waals surface area contributed by atoms with Crippen LogP contribution in [0.5, 0.6) is 0 Å². The van der Waals surface area contributed by atoms with Gasteiger partial charge in [0.2, 0.25) is 0 Å². The summed E-state index contributed by atoms with van der Waals surface area (Å²) in [5.74, 6) is 0.0213.